The van der Waals surface area contributed by atoms with Crippen LogP contribution in [0.4, 0.5) is 0 Å². The Morgan fingerprint density at radius 2 is 1.87 bits per heavy atom. The van der Waals surface area contributed by atoms with Gasteiger partial charge in [-0.25, -0.2) is 8.42 Å². The summed E-state index contributed by atoms with van der Waals surface area (Å²) in [6.07, 6.45) is 10.8. The first-order valence-electron chi connectivity index (χ1n) is 9.55. The van der Waals surface area contributed by atoms with Gasteiger partial charge in [-0.1, -0.05) is 60.7 Å². The molecule has 2 aliphatic carbocycles. The zero-order valence-corrected chi connectivity index (χ0v) is 18.2. The monoisotopic (exact) mass is 457 g/mol. The van der Waals surface area contributed by atoms with Crippen LogP contribution in [0.1, 0.15) is 22.8 Å². The standard InChI is InChI=1S/C22H19NO4S3/c24-21(25)22(13-16(22)14-6-2-1-3-7-14)23-30(26,27)20-11-10-18(29-20)19-12-15-8-4-5-9-17(15)28-19/h1-12,15-17,23H,13H2,(H,24,25)/t15?,16-,17?,22+/m1/s1. The maximum Gasteiger partial charge on any atom is 0.325 e. The van der Waals surface area contributed by atoms with E-state index in [1.165, 1.54) is 11.3 Å². The minimum atomic E-state index is -3.95. The van der Waals surface area contributed by atoms with Crippen molar-refractivity contribution in [2.75, 3.05) is 0 Å². The number of nitrogens with one attached hydrogen (secondary N) is 1. The molecule has 2 heterocycles. The highest BCUT2D eigenvalue weighted by molar-refractivity contribution is 8.09. The SMILES string of the molecule is O=C(O)[C@]1(NS(=O)(=O)c2ccc(C3=CC4C=CC=CC4S3)s2)C[C@@H]1c1ccccc1. The predicted octanol–water partition coefficient (Wildman–Crippen LogP) is 4.24. The highest BCUT2D eigenvalue weighted by Crippen LogP contribution is 2.53. The summed E-state index contributed by atoms with van der Waals surface area (Å²) in [5.74, 6) is -1.20. The fraction of sp³-hybridized carbons (Fsp3) is 0.227. The second kappa shape index (κ2) is 7.23. The van der Waals surface area contributed by atoms with Gasteiger partial charge in [0.15, 0.2) is 0 Å². The van der Waals surface area contributed by atoms with Crippen molar-refractivity contribution in [3.8, 4) is 0 Å². The van der Waals surface area contributed by atoms with E-state index in [9.17, 15) is 18.3 Å². The third-order valence-electron chi connectivity index (χ3n) is 5.68. The average molecular weight is 458 g/mol. The Morgan fingerprint density at radius 1 is 1.10 bits per heavy atom. The minimum Gasteiger partial charge on any atom is -0.480 e. The van der Waals surface area contributed by atoms with Gasteiger partial charge < -0.3 is 5.11 Å². The number of aliphatic carboxylic acids is 1. The third-order valence-corrected chi connectivity index (χ3v) is 10.3. The van der Waals surface area contributed by atoms with E-state index in [2.05, 4.69) is 23.0 Å². The molecule has 0 radical (unpaired) electrons. The Bertz CT molecular complexity index is 1200. The number of rotatable bonds is 6. The second-order valence-electron chi connectivity index (χ2n) is 7.63. The summed E-state index contributed by atoms with van der Waals surface area (Å²) in [7, 11) is -3.95. The van der Waals surface area contributed by atoms with E-state index in [1.807, 2.05) is 42.5 Å². The number of allylic oxidation sites excluding steroid dienone is 4. The summed E-state index contributed by atoms with van der Waals surface area (Å²) in [4.78, 5) is 13.9. The normalized spacial score (nSPS) is 29.5. The molecule has 1 aromatic carbocycles. The van der Waals surface area contributed by atoms with Crippen LogP contribution in [0.15, 0.2) is 77.1 Å². The molecule has 1 saturated carbocycles. The first kappa shape index (κ1) is 19.8. The molecule has 0 amide bonds. The molecule has 0 spiro atoms. The molecule has 3 aliphatic rings. The second-order valence-corrected chi connectivity index (χ2v) is 11.8. The maximum absolute atomic E-state index is 13.0. The number of carboxylic acids is 1. The number of hydrogen-bond donors (Lipinski definition) is 2. The highest BCUT2D eigenvalue weighted by Gasteiger charge is 2.63. The van der Waals surface area contributed by atoms with Crippen molar-refractivity contribution in [3.63, 3.8) is 0 Å². The Morgan fingerprint density at radius 3 is 2.60 bits per heavy atom. The summed E-state index contributed by atoms with van der Waals surface area (Å²) in [6.45, 7) is 0. The van der Waals surface area contributed by atoms with Gasteiger partial charge in [0.2, 0.25) is 0 Å². The number of benzene rings is 1. The van der Waals surface area contributed by atoms with Gasteiger partial charge in [0.25, 0.3) is 10.0 Å². The summed E-state index contributed by atoms with van der Waals surface area (Å²) in [6, 6.07) is 12.5. The number of hydrogen-bond acceptors (Lipinski definition) is 5. The number of thiophene rings is 1. The van der Waals surface area contributed by atoms with Gasteiger partial charge in [-0.2, -0.15) is 4.72 Å². The first-order chi connectivity index (χ1) is 14.4. The molecule has 1 aliphatic heterocycles. The molecule has 2 N–H and O–H groups in total. The smallest absolute Gasteiger partial charge is 0.325 e. The summed E-state index contributed by atoms with van der Waals surface area (Å²) < 4.78 is 28.7. The van der Waals surface area contributed by atoms with E-state index in [4.69, 9.17) is 0 Å². The van der Waals surface area contributed by atoms with Crippen LogP contribution in [-0.2, 0) is 14.8 Å². The van der Waals surface area contributed by atoms with Gasteiger partial charge >= 0.3 is 5.97 Å². The molecule has 154 valence electrons. The molecule has 0 saturated heterocycles. The lowest BCUT2D eigenvalue weighted by molar-refractivity contribution is -0.140. The number of fused-ring (bicyclic) bond motifs is 1. The zero-order valence-electron chi connectivity index (χ0n) is 15.8. The quantitative estimate of drug-likeness (QED) is 0.678. The minimum absolute atomic E-state index is 0.138. The topological polar surface area (TPSA) is 83.5 Å². The molecule has 2 unspecified atom stereocenters. The van der Waals surface area contributed by atoms with Crippen molar-refractivity contribution in [2.24, 2.45) is 5.92 Å². The van der Waals surface area contributed by atoms with Gasteiger partial charge in [-0.15, -0.1) is 23.1 Å². The van der Waals surface area contributed by atoms with Crippen LogP contribution in [0.25, 0.3) is 4.91 Å². The van der Waals surface area contributed by atoms with E-state index < -0.39 is 21.5 Å². The van der Waals surface area contributed by atoms with Gasteiger partial charge in [-0.05, 0) is 24.1 Å². The van der Waals surface area contributed by atoms with Crippen molar-refractivity contribution in [1.82, 2.24) is 4.72 Å². The van der Waals surface area contributed by atoms with E-state index in [0.29, 0.717) is 11.2 Å². The molecule has 4 atom stereocenters. The maximum atomic E-state index is 13.0. The van der Waals surface area contributed by atoms with Crippen molar-refractivity contribution >= 4 is 44.0 Å². The predicted molar refractivity (Wildman–Crippen MR) is 120 cm³/mol. The number of carbonyl (C=O) groups is 1. The Labute approximate surface area is 183 Å². The van der Waals surface area contributed by atoms with Crippen LogP contribution < -0.4 is 4.72 Å². The molecule has 1 fully saturated rings. The van der Waals surface area contributed by atoms with Gasteiger partial charge in [0, 0.05) is 26.9 Å². The average Bonchev–Trinajstić information content (AvgIpc) is 3.09. The molecular formula is C22H19NO4S3. The zero-order chi connectivity index (χ0) is 20.9. The summed E-state index contributed by atoms with van der Waals surface area (Å²) in [5.41, 5.74) is -0.665. The Kier molecular flexibility index (Phi) is 4.77. The van der Waals surface area contributed by atoms with Crippen LogP contribution >= 0.6 is 23.1 Å². The molecular weight excluding hydrogens is 438 g/mol. The van der Waals surface area contributed by atoms with Crippen LogP contribution in [0.2, 0.25) is 0 Å². The molecule has 1 aromatic heterocycles. The molecule has 30 heavy (non-hydrogen) atoms. The van der Waals surface area contributed by atoms with Gasteiger partial charge in [0.1, 0.15) is 9.75 Å². The molecule has 5 nitrogen and oxygen atoms in total. The molecule has 2 aromatic rings. The van der Waals surface area contributed by atoms with Crippen LogP contribution in [0, 0.1) is 5.92 Å². The fourth-order valence-corrected chi connectivity index (χ4v) is 8.11. The van der Waals surface area contributed by atoms with Crippen LogP contribution in [0.3, 0.4) is 0 Å². The summed E-state index contributed by atoms with van der Waals surface area (Å²) in [5, 5.41) is 10.1. The fourth-order valence-electron chi connectivity index (χ4n) is 4.00. The van der Waals surface area contributed by atoms with Crippen molar-refractivity contribution < 1.29 is 18.3 Å². The highest BCUT2D eigenvalue weighted by atomic mass is 32.2. The van der Waals surface area contributed by atoms with Crippen molar-refractivity contribution in [3.05, 3.63) is 83.3 Å². The van der Waals surface area contributed by atoms with Crippen molar-refractivity contribution in [1.29, 1.82) is 0 Å². The largest absolute Gasteiger partial charge is 0.480 e. The first-order valence-corrected chi connectivity index (χ1v) is 12.7. The van der Waals surface area contributed by atoms with E-state index in [0.717, 1.165) is 15.3 Å². The lowest BCUT2D eigenvalue weighted by Gasteiger charge is -2.14. The third kappa shape index (κ3) is 3.37. The van der Waals surface area contributed by atoms with E-state index in [1.54, 1.807) is 23.9 Å². The van der Waals surface area contributed by atoms with Gasteiger partial charge in [0.05, 0.1) is 0 Å². The van der Waals surface area contributed by atoms with Crippen molar-refractivity contribution in [2.45, 2.75) is 27.3 Å². The van der Waals surface area contributed by atoms with E-state index in [-0.39, 0.29) is 16.5 Å². The summed E-state index contributed by atoms with van der Waals surface area (Å²) >= 11 is 2.90. The van der Waals surface area contributed by atoms with Gasteiger partial charge in [-0.3, -0.25) is 4.79 Å². The van der Waals surface area contributed by atoms with Crippen LogP contribution in [-0.4, -0.2) is 30.3 Å². The Balaban J connectivity index is 1.38. The molecule has 0 bridgehead atoms. The molecule has 5 rings (SSSR count). The number of thioether (sulfide) groups is 1. The number of sulfonamides is 1. The van der Waals surface area contributed by atoms with E-state index >= 15 is 0 Å². The lowest BCUT2D eigenvalue weighted by Crippen LogP contribution is -2.44. The van der Waals surface area contributed by atoms with Crippen LogP contribution in [0.5, 0.6) is 0 Å². The Hall–Kier alpha value is -2.13. The number of carboxylic acid groups (broad SMARTS) is 1. The molecule has 8 heteroatoms. The lowest BCUT2D eigenvalue weighted by atomic mass is 10.0.